The van der Waals surface area contributed by atoms with E-state index < -0.39 is 7.14 Å². The van der Waals surface area contributed by atoms with Crippen LogP contribution in [0.5, 0.6) is 0 Å². The molecule has 0 fully saturated rings. The number of rotatable bonds is 3. The van der Waals surface area contributed by atoms with Crippen LogP contribution in [0, 0.1) is 0 Å². The fraction of sp³-hybridized carbons (Fsp3) is 0. The van der Waals surface area contributed by atoms with Gasteiger partial charge in [0, 0.05) is 15.9 Å². The average Bonchev–Trinajstić information content (AvgIpc) is 2.56. The van der Waals surface area contributed by atoms with Gasteiger partial charge in [0.05, 0.1) is 0 Å². The summed E-state index contributed by atoms with van der Waals surface area (Å²) in [6.07, 6.45) is 0. The van der Waals surface area contributed by atoms with E-state index in [1.807, 2.05) is 91.0 Å². The van der Waals surface area contributed by atoms with Gasteiger partial charge in [0.15, 0.2) is 7.14 Å². The van der Waals surface area contributed by atoms with E-state index in [0.717, 1.165) is 15.9 Å². The Kier molecular flexibility index (Phi) is 5.41. The van der Waals surface area contributed by atoms with Gasteiger partial charge in [-0.25, -0.2) is 0 Å². The highest BCUT2D eigenvalue weighted by molar-refractivity contribution is 7.85. The number of hydrogen-bond donors (Lipinski definition) is 0. The Bertz CT molecular complexity index is 624. The van der Waals surface area contributed by atoms with Gasteiger partial charge in [-0.3, -0.25) is 0 Å². The van der Waals surface area contributed by atoms with Crippen LogP contribution in [0.15, 0.2) is 91.0 Å². The highest BCUT2D eigenvalue weighted by Crippen LogP contribution is 2.41. The molecule has 3 aromatic rings. The van der Waals surface area contributed by atoms with Crippen LogP contribution in [0.2, 0.25) is 0 Å². The van der Waals surface area contributed by atoms with E-state index in [4.69, 9.17) is 0 Å². The molecule has 0 aliphatic heterocycles. The molecule has 0 saturated heterocycles. The van der Waals surface area contributed by atoms with Gasteiger partial charge in [0.25, 0.3) is 0 Å². The Morgan fingerprint density at radius 3 is 0.952 bits per heavy atom. The molecule has 0 unspecified atom stereocenters. The third kappa shape index (κ3) is 3.13. The molecular formula is C18H17MgOP. The maximum absolute atomic E-state index is 13.8. The van der Waals surface area contributed by atoms with Gasteiger partial charge < -0.3 is 4.57 Å². The van der Waals surface area contributed by atoms with Gasteiger partial charge in [-0.15, -0.1) is 0 Å². The number of hydrogen-bond acceptors (Lipinski definition) is 1. The molecule has 102 valence electrons. The lowest BCUT2D eigenvalue weighted by Crippen LogP contribution is -2.24. The van der Waals surface area contributed by atoms with E-state index in [0.29, 0.717) is 0 Å². The van der Waals surface area contributed by atoms with Crippen molar-refractivity contribution in [3.63, 3.8) is 0 Å². The minimum absolute atomic E-state index is 0. The summed E-state index contributed by atoms with van der Waals surface area (Å²) in [5.74, 6) is 0. The van der Waals surface area contributed by atoms with Gasteiger partial charge in [0.2, 0.25) is 0 Å². The van der Waals surface area contributed by atoms with Crippen molar-refractivity contribution in [2.75, 3.05) is 0 Å². The van der Waals surface area contributed by atoms with Crippen molar-refractivity contribution in [3.8, 4) is 0 Å². The molecule has 0 heterocycles. The predicted octanol–water partition coefficient (Wildman–Crippen LogP) is 2.41. The maximum atomic E-state index is 13.8. The highest BCUT2D eigenvalue weighted by atomic mass is 31.2. The van der Waals surface area contributed by atoms with Crippen LogP contribution in [-0.4, -0.2) is 23.1 Å². The molecule has 0 bridgehead atoms. The molecule has 0 radical (unpaired) electrons. The summed E-state index contributed by atoms with van der Waals surface area (Å²) in [4.78, 5) is 0. The van der Waals surface area contributed by atoms with Crippen LogP contribution in [0.25, 0.3) is 0 Å². The largest absolute Gasteiger partial charge is 0.316 e. The van der Waals surface area contributed by atoms with Gasteiger partial charge in [0.1, 0.15) is 0 Å². The summed E-state index contributed by atoms with van der Waals surface area (Å²) in [6, 6.07) is 29.1. The summed E-state index contributed by atoms with van der Waals surface area (Å²) < 4.78 is 13.8. The van der Waals surface area contributed by atoms with E-state index in [2.05, 4.69) is 0 Å². The first-order valence-corrected chi connectivity index (χ1v) is 8.29. The molecule has 0 aliphatic carbocycles. The second-order valence-corrected chi connectivity index (χ2v) is 7.38. The smallest absolute Gasteiger partial charge is 0.309 e. The van der Waals surface area contributed by atoms with Crippen LogP contribution in [-0.2, 0) is 4.57 Å². The van der Waals surface area contributed by atoms with Crippen LogP contribution in [0.4, 0.5) is 0 Å². The summed E-state index contributed by atoms with van der Waals surface area (Å²) in [5.41, 5.74) is 0. The molecule has 0 N–H and O–H groups in total. The van der Waals surface area contributed by atoms with Crippen LogP contribution in [0.1, 0.15) is 0 Å². The summed E-state index contributed by atoms with van der Waals surface area (Å²) in [5, 5.41) is 2.62. The fourth-order valence-corrected chi connectivity index (χ4v) is 5.03. The van der Waals surface area contributed by atoms with Crippen LogP contribution < -0.4 is 15.9 Å². The van der Waals surface area contributed by atoms with Crippen molar-refractivity contribution >= 4 is 46.1 Å². The molecule has 0 aliphatic rings. The van der Waals surface area contributed by atoms with Crippen molar-refractivity contribution in [1.82, 2.24) is 0 Å². The molecule has 0 spiro atoms. The number of benzene rings is 3. The van der Waals surface area contributed by atoms with Gasteiger partial charge in [-0.2, -0.15) is 0 Å². The zero-order chi connectivity index (χ0) is 13.8. The summed E-state index contributed by atoms with van der Waals surface area (Å²) in [7, 11) is -2.78. The third-order valence-corrected chi connectivity index (χ3v) is 6.44. The molecule has 0 atom stereocenters. The zero-order valence-electron chi connectivity index (χ0n) is 11.0. The fourth-order valence-electron chi connectivity index (χ4n) is 2.36. The second kappa shape index (κ2) is 7.08. The Balaban J connectivity index is 0.00000161. The standard InChI is InChI=1S/C18H15OP.Mg.2H/c19-20(16-10-4-1-5-11-16,17-12-6-2-7-13-17)18-14-8-3-9-15-18;;;/h1-15H;;;. The summed E-state index contributed by atoms with van der Waals surface area (Å²) in [6.45, 7) is 0. The van der Waals surface area contributed by atoms with E-state index >= 15 is 0 Å². The third-order valence-electron chi connectivity index (χ3n) is 3.36. The molecule has 3 rings (SSSR count). The minimum Gasteiger partial charge on any atom is -0.309 e. The lowest BCUT2D eigenvalue weighted by atomic mass is 10.4. The molecule has 3 aromatic carbocycles. The molecular weight excluding hydrogens is 287 g/mol. The topological polar surface area (TPSA) is 17.1 Å². The summed E-state index contributed by atoms with van der Waals surface area (Å²) >= 11 is 0. The Morgan fingerprint density at radius 1 is 0.476 bits per heavy atom. The van der Waals surface area contributed by atoms with Crippen molar-refractivity contribution in [2.45, 2.75) is 0 Å². The molecule has 1 nitrogen and oxygen atoms in total. The van der Waals surface area contributed by atoms with Gasteiger partial charge in [-0.1, -0.05) is 91.0 Å². The van der Waals surface area contributed by atoms with Gasteiger partial charge in [-0.05, 0) is 0 Å². The lowest BCUT2D eigenvalue weighted by Gasteiger charge is -2.19. The molecule has 3 heteroatoms. The monoisotopic (exact) mass is 304 g/mol. The Morgan fingerprint density at radius 2 is 0.714 bits per heavy atom. The first-order valence-electron chi connectivity index (χ1n) is 6.59. The van der Waals surface area contributed by atoms with E-state index in [-0.39, 0.29) is 23.1 Å². The van der Waals surface area contributed by atoms with Crippen LogP contribution >= 0.6 is 7.14 Å². The molecule has 21 heavy (non-hydrogen) atoms. The lowest BCUT2D eigenvalue weighted by molar-refractivity contribution is 0.592. The molecule has 0 saturated carbocycles. The van der Waals surface area contributed by atoms with Crippen molar-refractivity contribution in [3.05, 3.63) is 91.0 Å². The first kappa shape index (κ1) is 16.0. The van der Waals surface area contributed by atoms with Gasteiger partial charge >= 0.3 is 23.1 Å². The van der Waals surface area contributed by atoms with Crippen molar-refractivity contribution in [2.24, 2.45) is 0 Å². The van der Waals surface area contributed by atoms with E-state index in [1.165, 1.54) is 0 Å². The zero-order valence-corrected chi connectivity index (χ0v) is 11.9. The van der Waals surface area contributed by atoms with E-state index in [9.17, 15) is 4.57 Å². The Hall–Kier alpha value is -1.34. The average molecular weight is 305 g/mol. The first-order chi connectivity index (χ1) is 9.82. The Labute approximate surface area is 141 Å². The second-order valence-electron chi connectivity index (χ2n) is 4.62. The quantitative estimate of drug-likeness (QED) is 0.536. The maximum Gasteiger partial charge on any atom is 0.316 e. The minimum atomic E-state index is -2.78. The SMILES string of the molecule is O=P(c1ccccc1)(c1ccccc1)c1ccccc1.[MgH2]. The highest BCUT2D eigenvalue weighted by Gasteiger charge is 2.28. The van der Waals surface area contributed by atoms with Crippen LogP contribution in [0.3, 0.4) is 0 Å². The van der Waals surface area contributed by atoms with Crippen molar-refractivity contribution in [1.29, 1.82) is 0 Å². The van der Waals surface area contributed by atoms with E-state index in [1.54, 1.807) is 0 Å². The predicted molar refractivity (Wildman–Crippen MR) is 94.4 cm³/mol. The normalized spacial score (nSPS) is 10.7. The molecule has 0 aromatic heterocycles. The molecule has 0 amide bonds. The van der Waals surface area contributed by atoms with Crippen molar-refractivity contribution < 1.29 is 4.57 Å².